The van der Waals surface area contributed by atoms with Gasteiger partial charge in [-0.15, -0.1) is 10.2 Å². The van der Waals surface area contributed by atoms with Gasteiger partial charge in [0.2, 0.25) is 11.8 Å². The highest BCUT2D eigenvalue weighted by Crippen LogP contribution is 2.39. The highest BCUT2D eigenvalue weighted by molar-refractivity contribution is 6.15. The number of rotatable bonds is 4. The van der Waals surface area contributed by atoms with E-state index in [4.69, 9.17) is 4.42 Å². The van der Waals surface area contributed by atoms with Crippen molar-refractivity contribution in [3.05, 3.63) is 146 Å². The molecule has 0 atom stereocenters. The monoisotopic (exact) mass is 552 g/mol. The Morgan fingerprint density at radius 1 is 0.419 bits per heavy atom. The molecule has 3 aromatic heterocycles. The molecule has 0 aliphatic rings. The number of fused-ring (bicyclic) bond motifs is 6. The first kappa shape index (κ1) is 23.7. The second-order valence-corrected chi connectivity index (χ2v) is 10.7. The summed E-state index contributed by atoms with van der Waals surface area (Å²) in [6, 6.07) is 50.5. The van der Waals surface area contributed by atoms with Gasteiger partial charge in [-0.2, -0.15) is 0 Å². The molecule has 3 heterocycles. The first-order chi connectivity index (χ1) is 21.3. The molecule has 0 bridgehead atoms. The van der Waals surface area contributed by atoms with E-state index in [0.717, 1.165) is 55.3 Å². The molecule has 0 aliphatic carbocycles. The average Bonchev–Trinajstić information content (AvgIpc) is 3.78. The molecule has 43 heavy (non-hydrogen) atoms. The third-order valence-corrected chi connectivity index (χ3v) is 8.30. The molecule has 0 fully saturated rings. The molecule has 202 valence electrons. The summed E-state index contributed by atoms with van der Waals surface area (Å²) in [6.45, 7) is 0. The van der Waals surface area contributed by atoms with Crippen LogP contribution in [0.5, 0.6) is 0 Å². The second kappa shape index (κ2) is 9.29. The van der Waals surface area contributed by atoms with Crippen LogP contribution in [0.15, 0.2) is 150 Å². The van der Waals surface area contributed by atoms with Crippen LogP contribution in [0, 0.1) is 0 Å². The number of aromatic nitrogens is 4. The minimum absolute atomic E-state index is 0.491. The Labute approximate surface area is 246 Å². The smallest absolute Gasteiger partial charge is 0.248 e. The third-order valence-electron chi connectivity index (χ3n) is 8.30. The van der Waals surface area contributed by atoms with Crippen LogP contribution in [0.3, 0.4) is 0 Å². The summed E-state index contributed by atoms with van der Waals surface area (Å²) in [5.41, 5.74) is 8.50. The van der Waals surface area contributed by atoms with Crippen LogP contribution < -0.4 is 0 Å². The minimum atomic E-state index is 0.491. The maximum Gasteiger partial charge on any atom is 0.248 e. The lowest BCUT2D eigenvalue weighted by atomic mass is 10.1. The highest BCUT2D eigenvalue weighted by atomic mass is 16.4. The van der Waals surface area contributed by atoms with Crippen molar-refractivity contribution in [2.75, 3.05) is 0 Å². The van der Waals surface area contributed by atoms with E-state index in [1.807, 2.05) is 12.1 Å². The molecule has 0 saturated carbocycles. The Bertz CT molecular complexity index is 2450. The van der Waals surface area contributed by atoms with E-state index < -0.39 is 0 Å². The van der Waals surface area contributed by atoms with Crippen molar-refractivity contribution >= 4 is 43.6 Å². The predicted octanol–water partition coefficient (Wildman–Crippen LogP) is 9.60. The van der Waals surface area contributed by atoms with E-state index in [-0.39, 0.29) is 0 Å². The molecule has 0 N–H and O–H groups in total. The first-order valence-electron chi connectivity index (χ1n) is 14.4. The van der Waals surface area contributed by atoms with Gasteiger partial charge in [0.05, 0.1) is 22.1 Å². The van der Waals surface area contributed by atoms with Crippen LogP contribution in [0.2, 0.25) is 0 Å². The fourth-order valence-electron chi connectivity index (χ4n) is 6.46. The van der Waals surface area contributed by atoms with Crippen molar-refractivity contribution in [2.24, 2.45) is 0 Å². The van der Waals surface area contributed by atoms with E-state index in [9.17, 15) is 0 Å². The summed E-state index contributed by atoms with van der Waals surface area (Å²) in [4.78, 5) is 0. The molecule has 5 nitrogen and oxygen atoms in total. The van der Waals surface area contributed by atoms with Crippen LogP contribution >= 0.6 is 0 Å². The quantitative estimate of drug-likeness (QED) is 0.218. The zero-order valence-corrected chi connectivity index (χ0v) is 23.1. The standard InChI is InChI=1S/C38H24N4O/c1-3-12-26(13-4-1)41-33-20-10-8-17-30(33)36-31(18-11-21-34(36)41)38-40-39-37(43-38)25-22-23-29-28-16-7-9-19-32(28)42(35(29)24-25)27-14-5-2-6-15-27/h1-24H. The molecule has 9 aromatic rings. The zero-order chi connectivity index (χ0) is 28.3. The Kier molecular flexibility index (Phi) is 5.13. The van der Waals surface area contributed by atoms with Crippen LogP contribution in [0.4, 0.5) is 0 Å². The third kappa shape index (κ3) is 3.58. The Hall–Kier alpha value is -5.94. The summed E-state index contributed by atoms with van der Waals surface area (Å²) in [7, 11) is 0. The van der Waals surface area contributed by atoms with Crippen molar-refractivity contribution < 1.29 is 4.42 Å². The summed E-state index contributed by atoms with van der Waals surface area (Å²) >= 11 is 0. The average molecular weight is 553 g/mol. The van der Waals surface area contributed by atoms with Crippen molar-refractivity contribution in [1.29, 1.82) is 0 Å². The minimum Gasteiger partial charge on any atom is -0.416 e. The highest BCUT2D eigenvalue weighted by Gasteiger charge is 2.20. The molecular formula is C38H24N4O. The first-order valence-corrected chi connectivity index (χ1v) is 14.4. The van der Waals surface area contributed by atoms with Gasteiger partial charge >= 0.3 is 0 Å². The van der Waals surface area contributed by atoms with Crippen molar-refractivity contribution in [3.63, 3.8) is 0 Å². The number of benzene rings is 6. The Morgan fingerprint density at radius 2 is 0.977 bits per heavy atom. The van der Waals surface area contributed by atoms with Crippen molar-refractivity contribution in [3.8, 4) is 34.3 Å². The fourth-order valence-corrected chi connectivity index (χ4v) is 6.46. The van der Waals surface area contributed by atoms with Crippen LogP contribution in [-0.2, 0) is 0 Å². The summed E-state index contributed by atoms with van der Waals surface area (Å²) in [5, 5.41) is 13.7. The summed E-state index contributed by atoms with van der Waals surface area (Å²) in [6.07, 6.45) is 0. The normalized spacial score (nSPS) is 11.7. The molecular weight excluding hydrogens is 528 g/mol. The number of nitrogens with zero attached hydrogens (tertiary/aromatic N) is 4. The molecule has 0 amide bonds. The van der Waals surface area contributed by atoms with Crippen molar-refractivity contribution in [2.45, 2.75) is 0 Å². The van der Waals surface area contributed by atoms with E-state index >= 15 is 0 Å². The molecule has 5 heteroatoms. The number of hydrogen-bond donors (Lipinski definition) is 0. The Morgan fingerprint density at radius 3 is 1.72 bits per heavy atom. The van der Waals surface area contributed by atoms with Gasteiger partial charge in [-0.3, -0.25) is 0 Å². The number of para-hydroxylation sites is 4. The molecule has 0 unspecified atom stereocenters. The van der Waals surface area contributed by atoms with Gasteiger partial charge in [-0.1, -0.05) is 84.9 Å². The lowest BCUT2D eigenvalue weighted by Gasteiger charge is -2.08. The zero-order valence-electron chi connectivity index (χ0n) is 23.1. The van der Waals surface area contributed by atoms with Gasteiger partial charge in [0.15, 0.2) is 0 Å². The largest absolute Gasteiger partial charge is 0.416 e. The molecule has 0 radical (unpaired) electrons. The fraction of sp³-hybridized carbons (Fsp3) is 0. The van der Waals surface area contributed by atoms with E-state index in [2.05, 4.69) is 153 Å². The van der Waals surface area contributed by atoms with Crippen LogP contribution in [0.1, 0.15) is 0 Å². The molecule has 0 aliphatic heterocycles. The summed E-state index contributed by atoms with van der Waals surface area (Å²) < 4.78 is 11.0. The van der Waals surface area contributed by atoms with Gasteiger partial charge in [-0.25, -0.2) is 0 Å². The Balaban J connectivity index is 1.23. The lowest BCUT2D eigenvalue weighted by Crippen LogP contribution is -1.93. The van der Waals surface area contributed by atoms with Gasteiger partial charge < -0.3 is 13.6 Å². The molecule has 0 spiro atoms. The predicted molar refractivity (Wildman–Crippen MR) is 174 cm³/mol. The van der Waals surface area contributed by atoms with Crippen LogP contribution in [-0.4, -0.2) is 19.3 Å². The molecule has 9 rings (SSSR count). The van der Waals surface area contributed by atoms with Crippen LogP contribution in [0.25, 0.3) is 77.9 Å². The van der Waals surface area contributed by atoms with E-state index in [1.54, 1.807) is 0 Å². The van der Waals surface area contributed by atoms with Gasteiger partial charge in [-0.05, 0) is 60.7 Å². The maximum atomic E-state index is 6.46. The lowest BCUT2D eigenvalue weighted by molar-refractivity contribution is 0.585. The number of hydrogen-bond acceptors (Lipinski definition) is 3. The maximum absolute atomic E-state index is 6.46. The van der Waals surface area contributed by atoms with E-state index in [0.29, 0.717) is 11.8 Å². The second-order valence-electron chi connectivity index (χ2n) is 10.7. The summed E-state index contributed by atoms with van der Waals surface area (Å²) in [5.74, 6) is 0.992. The van der Waals surface area contributed by atoms with Crippen molar-refractivity contribution in [1.82, 2.24) is 19.3 Å². The SMILES string of the molecule is c1ccc(-n2c3ccccc3c3ccc(-c4nnc(-c5cccc6c5c5ccccc5n6-c5ccccc5)o4)cc32)cc1. The molecule has 6 aromatic carbocycles. The van der Waals surface area contributed by atoms with E-state index in [1.165, 1.54) is 10.8 Å². The molecule has 0 saturated heterocycles. The van der Waals surface area contributed by atoms with Gasteiger partial charge in [0.25, 0.3) is 0 Å². The van der Waals surface area contributed by atoms with Gasteiger partial charge in [0, 0.05) is 44.0 Å². The topological polar surface area (TPSA) is 48.8 Å². The van der Waals surface area contributed by atoms with Gasteiger partial charge in [0.1, 0.15) is 0 Å².